The molecule has 0 aromatic heterocycles. The summed E-state index contributed by atoms with van der Waals surface area (Å²) in [5.74, 6) is 0.339. The van der Waals surface area contributed by atoms with Gasteiger partial charge >= 0.3 is 0 Å². The highest BCUT2D eigenvalue weighted by atomic mass is 32.2. The molecule has 1 saturated heterocycles. The summed E-state index contributed by atoms with van der Waals surface area (Å²) in [6.45, 7) is 8.10. The van der Waals surface area contributed by atoms with Gasteiger partial charge < -0.3 is 14.5 Å². The van der Waals surface area contributed by atoms with Gasteiger partial charge in [-0.2, -0.15) is 8.42 Å². The number of amidine groups is 1. The SMILES string of the molecule is Cc1ccc(N2[C@@H](C)[C@@H](C)O[C@]23/C(=N\S(=O)(=O)c2ccc(C)cc2)N(C)c2ccccc23)cc1. The first kappa shape index (κ1) is 22.6. The molecule has 1 fully saturated rings. The summed E-state index contributed by atoms with van der Waals surface area (Å²) in [5, 5.41) is 0. The monoisotopic (exact) mass is 475 g/mol. The first-order chi connectivity index (χ1) is 16.1. The molecule has 5 rings (SSSR count). The number of likely N-dealkylation sites (N-methyl/N-ethyl adjacent to an activating group) is 1. The van der Waals surface area contributed by atoms with Crippen molar-refractivity contribution in [1.29, 1.82) is 0 Å². The maximum absolute atomic E-state index is 13.5. The molecule has 2 aliphatic heterocycles. The van der Waals surface area contributed by atoms with Crippen molar-refractivity contribution in [2.24, 2.45) is 4.40 Å². The molecule has 176 valence electrons. The average molecular weight is 476 g/mol. The zero-order valence-electron chi connectivity index (χ0n) is 20.1. The van der Waals surface area contributed by atoms with Gasteiger partial charge in [0.2, 0.25) is 5.72 Å². The van der Waals surface area contributed by atoms with Crippen LogP contribution in [0.2, 0.25) is 0 Å². The third-order valence-electron chi connectivity index (χ3n) is 6.87. The number of anilines is 2. The maximum Gasteiger partial charge on any atom is 0.284 e. The van der Waals surface area contributed by atoms with Crippen molar-refractivity contribution in [3.63, 3.8) is 0 Å². The van der Waals surface area contributed by atoms with E-state index < -0.39 is 15.7 Å². The minimum atomic E-state index is -3.98. The number of fused-ring (bicyclic) bond motifs is 2. The Kier molecular flexibility index (Phi) is 5.30. The standard InChI is InChI=1S/C27H29N3O3S/c1-18-10-14-22(15-11-18)30-20(3)21(4)33-27(30)24-8-6-7-9-25(24)29(5)26(27)28-34(31,32)23-16-12-19(2)13-17-23/h6-17,20-21H,1-5H3/b28-26+/t20-,21+,27+/m0/s1. The Balaban J connectivity index is 1.77. The molecule has 0 radical (unpaired) electrons. The van der Waals surface area contributed by atoms with Gasteiger partial charge in [-0.1, -0.05) is 53.6 Å². The smallest absolute Gasteiger partial charge is 0.284 e. The first-order valence-electron chi connectivity index (χ1n) is 11.4. The first-order valence-corrected chi connectivity index (χ1v) is 12.9. The highest BCUT2D eigenvalue weighted by Gasteiger charge is 2.61. The van der Waals surface area contributed by atoms with Crippen LogP contribution in [0.4, 0.5) is 11.4 Å². The van der Waals surface area contributed by atoms with E-state index in [1.54, 1.807) is 24.3 Å². The number of aryl methyl sites for hydroxylation is 2. The van der Waals surface area contributed by atoms with Gasteiger partial charge in [-0.15, -0.1) is 4.40 Å². The molecule has 34 heavy (non-hydrogen) atoms. The fourth-order valence-electron chi connectivity index (χ4n) is 4.91. The van der Waals surface area contributed by atoms with E-state index in [9.17, 15) is 8.42 Å². The van der Waals surface area contributed by atoms with Crippen LogP contribution in [0.3, 0.4) is 0 Å². The highest BCUT2D eigenvalue weighted by Crippen LogP contribution is 2.52. The molecule has 0 amide bonds. The van der Waals surface area contributed by atoms with E-state index in [-0.39, 0.29) is 17.0 Å². The number of ether oxygens (including phenoxy) is 1. The van der Waals surface area contributed by atoms with Crippen LogP contribution in [0.1, 0.15) is 30.5 Å². The Hall–Kier alpha value is -3.16. The van der Waals surface area contributed by atoms with Crippen LogP contribution in [0, 0.1) is 13.8 Å². The van der Waals surface area contributed by atoms with Crippen LogP contribution >= 0.6 is 0 Å². The number of para-hydroxylation sites is 1. The number of nitrogens with zero attached hydrogens (tertiary/aromatic N) is 3. The van der Waals surface area contributed by atoms with E-state index in [0.717, 1.165) is 28.1 Å². The number of sulfonamides is 1. The predicted octanol–water partition coefficient (Wildman–Crippen LogP) is 5.01. The summed E-state index contributed by atoms with van der Waals surface area (Å²) in [5.41, 5.74) is 3.68. The van der Waals surface area contributed by atoms with Crippen molar-refractivity contribution >= 4 is 27.2 Å². The lowest BCUT2D eigenvalue weighted by Gasteiger charge is -2.38. The summed E-state index contributed by atoms with van der Waals surface area (Å²) >= 11 is 0. The molecular formula is C27H29N3O3S. The van der Waals surface area contributed by atoms with E-state index in [0.29, 0.717) is 5.84 Å². The fourth-order valence-corrected chi connectivity index (χ4v) is 5.97. The second kappa shape index (κ2) is 7.96. The van der Waals surface area contributed by atoms with Crippen molar-refractivity contribution < 1.29 is 13.2 Å². The van der Waals surface area contributed by atoms with E-state index in [2.05, 4.69) is 40.5 Å². The Morgan fingerprint density at radius 2 is 1.47 bits per heavy atom. The summed E-state index contributed by atoms with van der Waals surface area (Å²) in [6, 6.07) is 22.8. The molecule has 3 aromatic rings. The van der Waals surface area contributed by atoms with Crippen LogP contribution in [0.15, 0.2) is 82.1 Å². The van der Waals surface area contributed by atoms with Crippen LogP contribution in [-0.4, -0.2) is 33.4 Å². The number of hydrogen-bond acceptors (Lipinski definition) is 4. The molecule has 3 atom stereocenters. The lowest BCUT2D eigenvalue weighted by Crippen LogP contribution is -2.52. The molecule has 0 saturated carbocycles. The van der Waals surface area contributed by atoms with Gasteiger partial charge in [0, 0.05) is 18.3 Å². The Labute approximate surface area is 201 Å². The molecule has 0 N–H and O–H groups in total. The van der Waals surface area contributed by atoms with Crippen molar-refractivity contribution in [2.75, 3.05) is 16.8 Å². The van der Waals surface area contributed by atoms with Crippen molar-refractivity contribution in [3.05, 3.63) is 89.5 Å². The second-order valence-corrected chi connectivity index (χ2v) is 10.8. The van der Waals surface area contributed by atoms with Crippen LogP contribution in [0.5, 0.6) is 0 Å². The molecule has 0 unspecified atom stereocenters. The Bertz CT molecular complexity index is 1370. The predicted molar refractivity (Wildman–Crippen MR) is 136 cm³/mol. The zero-order valence-corrected chi connectivity index (χ0v) is 20.9. The molecule has 0 bridgehead atoms. The molecule has 0 aliphatic carbocycles. The molecule has 7 heteroatoms. The summed E-state index contributed by atoms with van der Waals surface area (Å²) < 4.78 is 38.2. The Morgan fingerprint density at radius 3 is 2.12 bits per heavy atom. The van der Waals surface area contributed by atoms with Gasteiger partial charge in [0.1, 0.15) is 0 Å². The molecule has 3 aromatic carbocycles. The maximum atomic E-state index is 13.5. The van der Waals surface area contributed by atoms with Crippen molar-refractivity contribution in [3.8, 4) is 0 Å². The lowest BCUT2D eigenvalue weighted by molar-refractivity contribution is 0.0138. The fraction of sp³-hybridized carbons (Fsp3) is 0.296. The van der Waals surface area contributed by atoms with Crippen LogP contribution in [0.25, 0.3) is 0 Å². The van der Waals surface area contributed by atoms with Gasteiger partial charge in [0.25, 0.3) is 10.0 Å². The van der Waals surface area contributed by atoms with Gasteiger partial charge in [0.15, 0.2) is 5.84 Å². The lowest BCUT2D eigenvalue weighted by atomic mass is 10.00. The molecule has 2 heterocycles. The number of rotatable bonds is 3. The normalized spacial score (nSPS) is 25.4. The van der Waals surface area contributed by atoms with Gasteiger partial charge in [0.05, 0.1) is 22.7 Å². The van der Waals surface area contributed by atoms with Gasteiger partial charge in [-0.3, -0.25) is 0 Å². The van der Waals surface area contributed by atoms with Crippen molar-refractivity contribution in [2.45, 2.75) is 50.5 Å². The van der Waals surface area contributed by atoms with Crippen LogP contribution in [-0.2, 0) is 20.5 Å². The van der Waals surface area contributed by atoms with Gasteiger partial charge in [-0.25, -0.2) is 0 Å². The Morgan fingerprint density at radius 1 is 0.882 bits per heavy atom. The third kappa shape index (κ3) is 3.34. The van der Waals surface area contributed by atoms with E-state index >= 15 is 0 Å². The topological polar surface area (TPSA) is 62.2 Å². The zero-order chi connectivity index (χ0) is 24.3. The molecule has 2 aliphatic rings. The van der Waals surface area contributed by atoms with E-state index in [1.165, 1.54) is 0 Å². The highest BCUT2D eigenvalue weighted by molar-refractivity contribution is 7.90. The van der Waals surface area contributed by atoms with Gasteiger partial charge in [-0.05, 0) is 58.0 Å². The summed E-state index contributed by atoms with van der Waals surface area (Å²) in [4.78, 5) is 4.17. The molecule has 6 nitrogen and oxygen atoms in total. The third-order valence-corrected chi connectivity index (χ3v) is 8.15. The number of hydrogen-bond donors (Lipinski definition) is 0. The minimum absolute atomic E-state index is 0.0189. The molecular weight excluding hydrogens is 446 g/mol. The largest absolute Gasteiger partial charge is 0.339 e. The van der Waals surface area contributed by atoms with Crippen molar-refractivity contribution in [1.82, 2.24) is 0 Å². The number of benzene rings is 3. The van der Waals surface area contributed by atoms with Crippen LogP contribution < -0.4 is 9.80 Å². The average Bonchev–Trinajstić information content (AvgIpc) is 3.20. The minimum Gasteiger partial charge on any atom is -0.339 e. The quantitative estimate of drug-likeness (QED) is 0.533. The second-order valence-electron chi connectivity index (χ2n) is 9.19. The summed E-state index contributed by atoms with van der Waals surface area (Å²) in [7, 11) is -2.13. The molecule has 1 spiro atoms. The van der Waals surface area contributed by atoms with E-state index in [1.807, 2.05) is 57.0 Å². The summed E-state index contributed by atoms with van der Waals surface area (Å²) in [6.07, 6.45) is -0.159. The van der Waals surface area contributed by atoms with E-state index in [4.69, 9.17) is 4.74 Å².